The fraction of sp³-hybridized carbons (Fsp3) is 0.267. The number of nitrogens with two attached hydrogens (primary N) is 1. The SMILES string of the molecule is Cc1cc(C)nc(Sc2c(C)cccc2CN)c1. The van der Waals surface area contributed by atoms with Crippen LogP contribution in [-0.2, 0) is 6.54 Å². The van der Waals surface area contributed by atoms with E-state index in [1.54, 1.807) is 11.8 Å². The van der Waals surface area contributed by atoms with E-state index in [-0.39, 0.29) is 0 Å². The van der Waals surface area contributed by atoms with E-state index in [4.69, 9.17) is 5.73 Å². The van der Waals surface area contributed by atoms with Gasteiger partial charge in [0.1, 0.15) is 5.03 Å². The maximum Gasteiger partial charge on any atom is 0.101 e. The summed E-state index contributed by atoms with van der Waals surface area (Å²) in [6.07, 6.45) is 0. The van der Waals surface area contributed by atoms with Crippen LogP contribution < -0.4 is 5.73 Å². The van der Waals surface area contributed by atoms with Crippen molar-refractivity contribution in [3.63, 3.8) is 0 Å². The molecule has 18 heavy (non-hydrogen) atoms. The summed E-state index contributed by atoms with van der Waals surface area (Å²) in [5.74, 6) is 0. The molecule has 2 aromatic rings. The second-order valence-corrected chi connectivity index (χ2v) is 5.52. The van der Waals surface area contributed by atoms with Gasteiger partial charge in [-0.05, 0) is 49.6 Å². The minimum Gasteiger partial charge on any atom is -0.326 e. The zero-order valence-electron chi connectivity index (χ0n) is 11.0. The van der Waals surface area contributed by atoms with E-state index in [1.807, 2.05) is 6.92 Å². The molecule has 0 saturated carbocycles. The Morgan fingerprint density at radius 2 is 1.94 bits per heavy atom. The standard InChI is InChI=1S/C15H18N2S/c1-10-7-12(3)17-14(8-10)18-15-11(2)5-4-6-13(15)9-16/h4-8H,9,16H2,1-3H3. The number of aryl methyl sites for hydroxylation is 3. The van der Waals surface area contributed by atoms with Crippen LogP contribution in [0.1, 0.15) is 22.4 Å². The van der Waals surface area contributed by atoms with Gasteiger partial charge in [0, 0.05) is 17.1 Å². The molecule has 1 heterocycles. The maximum absolute atomic E-state index is 5.80. The summed E-state index contributed by atoms with van der Waals surface area (Å²) in [6, 6.07) is 10.5. The Labute approximate surface area is 113 Å². The number of rotatable bonds is 3. The maximum atomic E-state index is 5.80. The fourth-order valence-corrected chi connectivity index (χ4v) is 3.14. The van der Waals surface area contributed by atoms with Crippen molar-refractivity contribution in [2.45, 2.75) is 37.2 Å². The zero-order valence-corrected chi connectivity index (χ0v) is 11.8. The van der Waals surface area contributed by atoms with Gasteiger partial charge in [-0.15, -0.1) is 0 Å². The van der Waals surface area contributed by atoms with Crippen molar-refractivity contribution >= 4 is 11.8 Å². The molecule has 0 aliphatic rings. The number of hydrogen-bond acceptors (Lipinski definition) is 3. The third kappa shape index (κ3) is 2.92. The Morgan fingerprint density at radius 3 is 2.61 bits per heavy atom. The van der Waals surface area contributed by atoms with Gasteiger partial charge in [-0.3, -0.25) is 0 Å². The van der Waals surface area contributed by atoms with Gasteiger partial charge < -0.3 is 5.73 Å². The molecule has 0 saturated heterocycles. The third-order valence-corrected chi connectivity index (χ3v) is 4.00. The molecule has 0 amide bonds. The predicted octanol–water partition coefficient (Wildman–Crippen LogP) is 3.62. The van der Waals surface area contributed by atoms with E-state index in [2.05, 4.69) is 49.2 Å². The molecule has 0 fully saturated rings. The highest BCUT2D eigenvalue weighted by atomic mass is 32.2. The highest BCUT2D eigenvalue weighted by molar-refractivity contribution is 7.99. The van der Waals surface area contributed by atoms with Crippen LogP contribution in [0.4, 0.5) is 0 Å². The number of hydrogen-bond donors (Lipinski definition) is 1. The first-order valence-corrected chi connectivity index (χ1v) is 6.83. The monoisotopic (exact) mass is 258 g/mol. The molecule has 3 heteroatoms. The zero-order chi connectivity index (χ0) is 13.1. The predicted molar refractivity (Wildman–Crippen MR) is 76.9 cm³/mol. The molecular weight excluding hydrogens is 240 g/mol. The molecule has 2 N–H and O–H groups in total. The normalized spacial score (nSPS) is 10.7. The Hall–Kier alpha value is -1.32. The molecule has 0 aliphatic carbocycles. The number of benzene rings is 1. The molecule has 2 nitrogen and oxygen atoms in total. The van der Waals surface area contributed by atoms with E-state index >= 15 is 0 Å². The lowest BCUT2D eigenvalue weighted by atomic mass is 10.1. The van der Waals surface area contributed by atoms with Gasteiger partial charge in [0.05, 0.1) is 0 Å². The Bertz CT molecular complexity index is 544. The summed E-state index contributed by atoms with van der Waals surface area (Å²) in [7, 11) is 0. The van der Waals surface area contributed by atoms with Crippen molar-refractivity contribution in [3.05, 3.63) is 52.7 Å². The summed E-state index contributed by atoms with van der Waals surface area (Å²) in [5.41, 5.74) is 10.5. The molecule has 0 atom stereocenters. The first kappa shape index (κ1) is 13.1. The van der Waals surface area contributed by atoms with Crippen LogP contribution in [0.25, 0.3) is 0 Å². The Kier molecular flexibility index (Phi) is 4.04. The van der Waals surface area contributed by atoms with Crippen LogP contribution in [0.5, 0.6) is 0 Å². The van der Waals surface area contributed by atoms with E-state index < -0.39 is 0 Å². The summed E-state index contributed by atoms with van der Waals surface area (Å²) in [5, 5.41) is 1.04. The van der Waals surface area contributed by atoms with Gasteiger partial charge in [-0.1, -0.05) is 30.0 Å². The topological polar surface area (TPSA) is 38.9 Å². The average molecular weight is 258 g/mol. The summed E-state index contributed by atoms with van der Waals surface area (Å²) < 4.78 is 0. The van der Waals surface area contributed by atoms with Gasteiger partial charge in [-0.2, -0.15) is 0 Å². The molecule has 0 bridgehead atoms. The lowest BCUT2D eigenvalue weighted by Crippen LogP contribution is -2.00. The largest absolute Gasteiger partial charge is 0.326 e. The fourth-order valence-electron chi connectivity index (χ4n) is 1.98. The van der Waals surface area contributed by atoms with Crippen molar-refractivity contribution in [3.8, 4) is 0 Å². The number of nitrogens with zero attached hydrogens (tertiary/aromatic N) is 1. The molecule has 2 rings (SSSR count). The number of pyridine rings is 1. The Balaban J connectivity index is 2.39. The average Bonchev–Trinajstić information content (AvgIpc) is 2.30. The van der Waals surface area contributed by atoms with Crippen molar-refractivity contribution in [2.24, 2.45) is 5.73 Å². The lowest BCUT2D eigenvalue weighted by Gasteiger charge is -2.11. The summed E-state index contributed by atoms with van der Waals surface area (Å²) in [6.45, 7) is 6.80. The molecule has 0 aliphatic heterocycles. The molecule has 94 valence electrons. The number of aromatic nitrogens is 1. The minimum atomic E-state index is 0.564. The van der Waals surface area contributed by atoms with E-state index in [0.717, 1.165) is 10.7 Å². The van der Waals surface area contributed by atoms with Crippen molar-refractivity contribution in [1.82, 2.24) is 4.98 Å². The molecule has 1 aromatic heterocycles. The summed E-state index contributed by atoms with van der Waals surface area (Å²) >= 11 is 1.70. The third-order valence-electron chi connectivity index (χ3n) is 2.79. The summed E-state index contributed by atoms with van der Waals surface area (Å²) in [4.78, 5) is 5.80. The van der Waals surface area contributed by atoms with E-state index in [0.29, 0.717) is 6.54 Å². The van der Waals surface area contributed by atoms with E-state index in [1.165, 1.54) is 21.6 Å². The minimum absolute atomic E-state index is 0.564. The van der Waals surface area contributed by atoms with Gasteiger partial charge in [0.2, 0.25) is 0 Å². The second kappa shape index (κ2) is 5.55. The van der Waals surface area contributed by atoms with Gasteiger partial charge in [0.15, 0.2) is 0 Å². The van der Waals surface area contributed by atoms with E-state index in [9.17, 15) is 0 Å². The molecule has 0 spiro atoms. The molecule has 0 radical (unpaired) electrons. The van der Waals surface area contributed by atoms with Crippen molar-refractivity contribution in [2.75, 3.05) is 0 Å². The van der Waals surface area contributed by atoms with Crippen LogP contribution in [0.15, 0.2) is 40.3 Å². The van der Waals surface area contributed by atoms with Crippen LogP contribution in [0, 0.1) is 20.8 Å². The van der Waals surface area contributed by atoms with Crippen LogP contribution >= 0.6 is 11.8 Å². The van der Waals surface area contributed by atoms with Crippen molar-refractivity contribution in [1.29, 1.82) is 0 Å². The lowest BCUT2D eigenvalue weighted by molar-refractivity contribution is 1.00. The molecule has 1 aromatic carbocycles. The molecular formula is C15H18N2S. The van der Waals surface area contributed by atoms with Gasteiger partial charge in [-0.25, -0.2) is 4.98 Å². The van der Waals surface area contributed by atoms with Crippen LogP contribution in [0.2, 0.25) is 0 Å². The second-order valence-electron chi connectivity index (χ2n) is 4.49. The van der Waals surface area contributed by atoms with Gasteiger partial charge >= 0.3 is 0 Å². The van der Waals surface area contributed by atoms with Crippen LogP contribution in [-0.4, -0.2) is 4.98 Å². The smallest absolute Gasteiger partial charge is 0.101 e. The highest BCUT2D eigenvalue weighted by Gasteiger charge is 2.08. The van der Waals surface area contributed by atoms with Gasteiger partial charge in [0.25, 0.3) is 0 Å². The Morgan fingerprint density at radius 1 is 1.17 bits per heavy atom. The molecule has 0 unspecified atom stereocenters. The van der Waals surface area contributed by atoms with Crippen LogP contribution in [0.3, 0.4) is 0 Å². The first-order chi connectivity index (χ1) is 8.60. The quantitative estimate of drug-likeness (QED) is 0.914. The first-order valence-electron chi connectivity index (χ1n) is 6.02. The van der Waals surface area contributed by atoms with Crippen molar-refractivity contribution < 1.29 is 0 Å². The highest BCUT2D eigenvalue weighted by Crippen LogP contribution is 2.32.